The molecule has 0 radical (unpaired) electrons. The van der Waals surface area contributed by atoms with Crippen LogP contribution in [-0.4, -0.2) is 26.1 Å². The van der Waals surface area contributed by atoms with E-state index in [0.717, 1.165) is 23.3 Å². The molecular weight excluding hydrogens is 324 g/mol. The Labute approximate surface area is 148 Å². The maximum atomic E-state index is 12.0. The standard InChI is InChI=1S/C19H23ClN2O2/c1-14(16-8-4-5-9-17(16)20)22-13-19(23)21-12-11-15-7-3-6-10-18(15)24-2/h3-10,14,22H,11-13H2,1-2H3,(H,21,23). The van der Waals surface area contributed by atoms with E-state index in [1.54, 1.807) is 7.11 Å². The lowest BCUT2D eigenvalue weighted by molar-refractivity contribution is -0.120. The molecule has 2 aromatic rings. The lowest BCUT2D eigenvalue weighted by atomic mass is 10.1. The lowest BCUT2D eigenvalue weighted by Gasteiger charge is -2.15. The molecule has 2 aromatic carbocycles. The highest BCUT2D eigenvalue weighted by molar-refractivity contribution is 6.31. The molecule has 0 aromatic heterocycles. The number of carbonyl (C=O) groups excluding carboxylic acids is 1. The van der Waals surface area contributed by atoms with E-state index in [4.69, 9.17) is 16.3 Å². The van der Waals surface area contributed by atoms with E-state index in [2.05, 4.69) is 10.6 Å². The van der Waals surface area contributed by atoms with Crippen LogP contribution in [0.1, 0.15) is 24.1 Å². The van der Waals surface area contributed by atoms with Gasteiger partial charge in [-0.3, -0.25) is 4.79 Å². The summed E-state index contributed by atoms with van der Waals surface area (Å²) in [7, 11) is 1.65. The van der Waals surface area contributed by atoms with E-state index < -0.39 is 0 Å². The highest BCUT2D eigenvalue weighted by Crippen LogP contribution is 2.21. The number of hydrogen-bond acceptors (Lipinski definition) is 3. The normalized spacial score (nSPS) is 11.8. The van der Waals surface area contributed by atoms with Crippen LogP contribution in [0.5, 0.6) is 5.75 Å². The fraction of sp³-hybridized carbons (Fsp3) is 0.316. The number of hydrogen-bond donors (Lipinski definition) is 2. The smallest absolute Gasteiger partial charge is 0.233 e. The van der Waals surface area contributed by atoms with Crippen molar-refractivity contribution in [3.05, 3.63) is 64.7 Å². The van der Waals surface area contributed by atoms with Crippen LogP contribution in [0, 0.1) is 0 Å². The maximum absolute atomic E-state index is 12.0. The first kappa shape index (κ1) is 18.3. The molecule has 0 saturated carbocycles. The molecule has 0 aliphatic carbocycles. The summed E-state index contributed by atoms with van der Waals surface area (Å²) in [6.07, 6.45) is 0.732. The van der Waals surface area contributed by atoms with Crippen LogP contribution in [-0.2, 0) is 11.2 Å². The molecule has 24 heavy (non-hydrogen) atoms. The Balaban J connectivity index is 1.75. The van der Waals surface area contributed by atoms with E-state index in [-0.39, 0.29) is 18.5 Å². The lowest BCUT2D eigenvalue weighted by Crippen LogP contribution is -2.36. The van der Waals surface area contributed by atoms with Gasteiger partial charge in [-0.05, 0) is 36.6 Å². The molecule has 128 valence electrons. The third-order valence-corrected chi connectivity index (χ3v) is 4.19. The number of halogens is 1. The molecule has 0 aliphatic rings. The molecule has 2 rings (SSSR count). The Morgan fingerprint density at radius 2 is 1.88 bits per heavy atom. The number of ether oxygens (including phenoxy) is 1. The maximum Gasteiger partial charge on any atom is 0.233 e. The largest absolute Gasteiger partial charge is 0.496 e. The number of benzene rings is 2. The van der Waals surface area contributed by atoms with Crippen LogP contribution in [0.3, 0.4) is 0 Å². The van der Waals surface area contributed by atoms with Crippen LogP contribution >= 0.6 is 11.6 Å². The summed E-state index contributed by atoms with van der Waals surface area (Å²) >= 11 is 6.16. The Morgan fingerprint density at radius 1 is 1.17 bits per heavy atom. The predicted octanol–water partition coefficient (Wildman–Crippen LogP) is 3.36. The van der Waals surface area contributed by atoms with E-state index in [0.29, 0.717) is 11.6 Å². The molecule has 0 aliphatic heterocycles. The fourth-order valence-electron chi connectivity index (χ4n) is 2.49. The van der Waals surface area contributed by atoms with Gasteiger partial charge in [0.1, 0.15) is 5.75 Å². The molecule has 0 fully saturated rings. The number of nitrogens with one attached hydrogen (secondary N) is 2. The highest BCUT2D eigenvalue weighted by Gasteiger charge is 2.10. The van der Waals surface area contributed by atoms with E-state index >= 15 is 0 Å². The van der Waals surface area contributed by atoms with Gasteiger partial charge in [0.15, 0.2) is 0 Å². The summed E-state index contributed by atoms with van der Waals surface area (Å²) in [5.74, 6) is 0.806. The molecule has 0 saturated heterocycles. The number of amides is 1. The second-order valence-electron chi connectivity index (χ2n) is 5.54. The van der Waals surface area contributed by atoms with Crippen molar-refractivity contribution in [2.45, 2.75) is 19.4 Å². The average Bonchev–Trinajstić information content (AvgIpc) is 2.60. The zero-order valence-electron chi connectivity index (χ0n) is 14.0. The van der Waals surface area contributed by atoms with Gasteiger partial charge in [-0.25, -0.2) is 0 Å². The van der Waals surface area contributed by atoms with Crippen LogP contribution in [0.25, 0.3) is 0 Å². The van der Waals surface area contributed by atoms with Crippen LogP contribution < -0.4 is 15.4 Å². The molecule has 1 atom stereocenters. The zero-order valence-corrected chi connectivity index (χ0v) is 14.8. The summed E-state index contributed by atoms with van der Waals surface area (Å²) in [5, 5.41) is 6.81. The third-order valence-electron chi connectivity index (χ3n) is 3.85. The highest BCUT2D eigenvalue weighted by atomic mass is 35.5. The first-order chi connectivity index (χ1) is 11.6. The van der Waals surface area contributed by atoms with Gasteiger partial charge in [-0.2, -0.15) is 0 Å². The van der Waals surface area contributed by atoms with Crippen LogP contribution in [0.2, 0.25) is 5.02 Å². The Morgan fingerprint density at radius 3 is 2.62 bits per heavy atom. The van der Waals surface area contributed by atoms with Crippen molar-refractivity contribution < 1.29 is 9.53 Å². The van der Waals surface area contributed by atoms with Crippen molar-refractivity contribution in [2.75, 3.05) is 20.2 Å². The summed E-state index contributed by atoms with van der Waals surface area (Å²) in [5.41, 5.74) is 2.07. The van der Waals surface area contributed by atoms with Crippen molar-refractivity contribution in [3.63, 3.8) is 0 Å². The zero-order chi connectivity index (χ0) is 17.4. The average molecular weight is 347 g/mol. The van der Waals surface area contributed by atoms with Gasteiger partial charge in [0, 0.05) is 17.6 Å². The quantitative estimate of drug-likeness (QED) is 0.770. The second kappa shape index (κ2) is 9.30. The number of methoxy groups -OCH3 is 1. The summed E-state index contributed by atoms with van der Waals surface area (Å²) in [6.45, 7) is 2.81. The SMILES string of the molecule is COc1ccccc1CCNC(=O)CNC(C)c1ccccc1Cl. The molecule has 1 amide bonds. The summed E-state index contributed by atoms with van der Waals surface area (Å²) in [6, 6.07) is 15.5. The molecule has 2 N–H and O–H groups in total. The second-order valence-corrected chi connectivity index (χ2v) is 5.94. The van der Waals surface area contributed by atoms with Gasteiger partial charge in [0.05, 0.1) is 13.7 Å². The molecule has 1 unspecified atom stereocenters. The molecule has 4 nitrogen and oxygen atoms in total. The molecule has 5 heteroatoms. The molecule has 0 bridgehead atoms. The molecule has 0 heterocycles. The number of rotatable bonds is 8. The molecule has 0 spiro atoms. The molecular formula is C19H23ClN2O2. The first-order valence-corrected chi connectivity index (χ1v) is 8.36. The Hall–Kier alpha value is -2.04. The topological polar surface area (TPSA) is 50.4 Å². The number of carbonyl (C=O) groups is 1. The van der Waals surface area contributed by atoms with E-state index in [1.807, 2.05) is 55.5 Å². The van der Waals surface area contributed by atoms with Crippen molar-refractivity contribution in [3.8, 4) is 5.75 Å². The van der Waals surface area contributed by atoms with Crippen molar-refractivity contribution in [1.29, 1.82) is 0 Å². The minimum Gasteiger partial charge on any atom is -0.496 e. The van der Waals surface area contributed by atoms with Crippen LogP contribution in [0.4, 0.5) is 0 Å². The van der Waals surface area contributed by atoms with Gasteiger partial charge in [-0.15, -0.1) is 0 Å². The predicted molar refractivity (Wildman–Crippen MR) is 97.6 cm³/mol. The van der Waals surface area contributed by atoms with Gasteiger partial charge < -0.3 is 15.4 Å². The monoisotopic (exact) mass is 346 g/mol. The summed E-state index contributed by atoms with van der Waals surface area (Å²) < 4.78 is 5.30. The van der Waals surface area contributed by atoms with E-state index in [1.165, 1.54) is 0 Å². The third kappa shape index (κ3) is 5.25. The van der Waals surface area contributed by atoms with Crippen molar-refractivity contribution >= 4 is 17.5 Å². The van der Waals surface area contributed by atoms with Crippen molar-refractivity contribution in [1.82, 2.24) is 10.6 Å². The van der Waals surface area contributed by atoms with Gasteiger partial charge >= 0.3 is 0 Å². The summed E-state index contributed by atoms with van der Waals surface area (Å²) in [4.78, 5) is 12.0. The van der Waals surface area contributed by atoms with E-state index in [9.17, 15) is 4.79 Å². The minimum atomic E-state index is -0.0381. The Bertz CT molecular complexity index is 676. The Kier molecular flexibility index (Phi) is 7.09. The first-order valence-electron chi connectivity index (χ1n) is 7.98. The van der Waals surface area contributed by atoms with Gasteiger partial charge in [0.25, 0.3) is 0 Å². The fourth-order valence-corrected chi connectivity index (χ4v) is 2.79. The number of para-hydroxylation sites is 1. The van der Waals surface area contributed by atoms with Gasteiger partial charge in [-0.1, -0.05) is 48.0 Å². The van der Waals surface area contributed by atoms with Gasteiger partial charge in [0.2, 0.25) is 5.91 Å². The van der Waals surface area contributed by atoms with Crippen LogP contribution in [0.15, 0.2) is 48.5 Å². The van der Waals surface area contributed by atoms with Crippen molar-refractivity contribution in [2.24, 2.45) is 0 Å². The minimum absolute atomic E-state index is 0.0127.